The lowest BCUT2D eigenvalue weighted by Crippen LogP contribution is -2.44. The van der Waals surface area contributed by atoms with E-state index in [9.17, 15) is 13.2 Å². The first-order valence-corrected chi connectivity index (χ1v) is 9.49. The minimum Gasteiger partial charge on any atom is -0.469 e. The first-order valence-electron chi connectivity index (χ1n) is 7.94. The Morgan fingerprint density at radius 1 is 1.19 bits per heavy atom. The maximum absolute atomic E-state index is 12.5. The molecule has 21 heavy (non-hydrogen) atoms. The lowest BCUT2D eigenvalue weighted by molar-refractivity contribution is -0.145. The van der Waals surface area contributed by atoms with Crippen LogP contribution in [0.1, 0.15) is 58.3 Å². The fraction of sp³-hybridized carbons (Fsp3) is 0.933. The summed E-state index contributed by atoms with van der Waals surface area (Å²) in [7, 11) is -2.13. The maximum atomic E-state index is 12.5. The molecule has 0 heterocycles. The predicted octanol–water partition coefficient (Wildman–Crippen LogP) is 2.22. The highest BCUT2D eigenvalue weighted by atomic mass is 32.2. The van der Waals surface area contributed by atoms with Crippen molar-refractivity contribution in [2.24, 2.45) is 11.3 Å². The average Bonchev–Trinajstić information content (AvgIpc) is 2.96. The van der Waals surface area contributed by atoms with Gasteiger partial charge in [0.15, 0.2) is 0 Å². The molecule has 0 bridgehead atoms. The van der Waals surface area contributed by atoms with Crippen LogP contribution in [0.4, 0.5) is 0 Å². The van der Waals surface area contributed by atoms with E-state index >= 15 is 0 Å². The molecular weight excluding hydrogens is 290 g/mol. The molecule has 2 aliphatic carbocycles. The third-order valence-corrected chi connectivity index (χ3v) is 7.02. The van der Waals surface area contributed by atoms with Gasteiger partial charge in [0.05, 0.1) is 18.3 Å². The highest BCUT2D eigenvalue weighted by molar-refractivity contribution is 7.90. The maximum Gasteiger partial charge on any atom is 0.310 e. The number of nitrogens with one attached hydrogen (secondary N) is 1. The van der Waals surface area contributed by atoms with E-state index in [1.165, 1.54) is 26.4 Å². The van der Waals surface area contributed by atoms with Crippen molar-refractivity contribution in [3.8, 4) is 0 Å². The van der Waals surface area contributed by atoms with E-state index in [-0.39, 0.29) is 5.41 Å². The SMILES string of the molecule is COC(=O)C1CCCC1S(=O)(=O)NCC1(C)CCCCC1. The first-order chi connectivity index (χ1) is 9.88. The van der Waals surface area contributed by atoms with Gasteiger partial charge >= 0.3 is 5.97 Å². The lowest BCUT2D eigenvalue weighted by Gasteiger charge is -2.34. The summed E-state index contributed by atoms with van der Waals surface area (Å²) in [5.74, 6) is -0.904. The van der Waals surface area contributed by atoms with E-state index in [4.69, 9.17) is 4.74 Å². The molecule has 5 nitrogen and oxygen atoms in total. The van der Waals surface area contributed by atoms with Crippen molar-refractivity contribution in [1.29, 1.82) is 0 Å². The minimum absolute atomic E-state index is 0.0602. The van der Waals surface area contributed by atoms with Crippen molar-refractivity contribution in [3.63, 3.8) is 0 Å². The standard InChI is InChI=1S/C15H27NO4S/c1-15(9-4-3-5-10-15)11-16-21(18,19)13-8-6-7-12(13)14(17)20-2/h12-13,16H,3-11H2,1-2H3. The summed E-state index contributed by atoms with van der Waals surface area (Å²) in [6, 6.07) is 0. The molecule has 0 aliphatic heterocycles. The second-order valence-electron chi connectivity index (χ2n) is 6.84. The van der Waals surface area contributed by atoms with E-state index in [1.54, 1.807) is 0 Å². The Bertz CT molecular complexity index is 468. The van der Waals surface area contributed by atoms with Crippen LogP contribution in [0.15, 0.2) is 0 Å². The van der Waals surface area contributed by atoms with Crippen molar-refractivity contribution in [1.82, 2.24) is 4.72 Å². The second kappa shape index (κ2) is 6.65. The molecule has 2 aliphatic rings. The quantitative estimate of drug-likeness (QED) is 0.789. The van der Waals surface area contributed by atoms with Gasteiger partial charge in [0.2, 0.25) is 10.0 Å². The summed E-state index contributed by atoms with van der Waals surface area (Å²) in [4.78, 5) is 11.7. The molecule has 0 aromatic carbocycles. The Morgan fingerprint density at radius 2 is 1.86 bits per heavy atom. The molecule has 2 rings (SSSR count). The first kappa shape index (κ1) is 16.7. The molecule has 2 unspecified atom stereocenters. The van der Waals surface area contributed by atoms with Gasteiger partial charge in [-0.25, -0.2) is 13.1 Å². The van der Waals surface area contributed by atoms with Crippen LogP contribution in [-0.4, -0.2) is 33.3 Å². The topological polar surface area (TPSA) is 72.5 Å². The Morgan fingerprint density at radius 3 is 2.48 bits per heavy atom. The molecule has 0 radical (unpaired) electrons. The van der Waals surface area contributed by atoms with Gasteiger partial charge in [0, 0.05) is 6.54 Å². The second-order valence-corrected chi connectivity index (χ2v) is 8.82. The molecule has 6 heteroatoms. The van der Waals surface area contributed by atoms with Crippen LogP contribution < -0.4 is 4.72 Å². The van der Waals surface area contributed by atoms with Gasteiger partial charge in [-0.05, 0) is 31.1 Å². The summed E-state index contributed by atoms with van der Waals surface area (Å²) >= 11 is 0. The largest absolute Gasteiger partial charge is 0.469 e. The van der Waals surface area contributed by atoms with Gasteiger partial charge in [-0.3, -0.25) is 4.79 Å². The zero-order valence-corrected chi connectivity index (χ0v) is 13.9. The monoisotopic (exact) mass is 317 g/mol. The third kappa shape index (κ3) is 3.97. The molecule has 2 atom stereocenters. The van der Waals surface area contributed by atoms with Crippen LogP contribution in [-0.2, 0) is 19.6 Å². The van der Waals surface area contributed by atoms with E-state index in [1.807, 2.05) is 0 Å². The zero-order chi connectivity index (χ0) is 15.5. The Balaban J connectivity index is 1.99. The van der Waals surface area contributed by atoms with Gasteiger partial charge in [-0.2, -0.15) is 0 Å². The van der Waals surface area contributed by atoms with Crippen LogP contribution in [0.2, 0.25) is 0 Å². The Labute approximate surface area is 127 Å². The number of esters is 1. The van der Waals surface area contributed by atoms with Crippen molar-refractivity contribution >= 4 is 16.0 Å². The molecule has 2 fully saturated rings. The summed E-state index contributed by atoms with van der Waals surface area (Å²) < 4.78 is 32.6. The van der Waals surface area contributed by atoms with Gasteiger partial charge in [0.1, 0.15) is 0 Å². The highest BCUT2D eigenvalue weighted by Gasteiger charge is 2.42. The van der Waals surface area contributed by atoms with Crippen LogP contribution in [0, 0.1) is 11.3 Å². The van der Waals surface area contributed by atoms with Crippen molar-refractivity contribution < 1.29 is 17.9 Å². The molecule has 0 aromatic rings. The highest BCUT2D eigenvalue weighted by Crippen LogP contribution is 2.36. The predicted molar refractivity (Wildman–Crippen MR) is 81.3 cm³/mol. The van der Waals surface area contributed by atoms with Gasteiger partial charge in [-0.15, -0.1) is 0 Å². The molecule has 2 saturated carbocycles. The normalized spacial score (nSPS) is 29.2. The number of hydrogen-bond acceptors (Lipinski definition) is 4. The number of carbonyl (C=O) groups excluding carboxylic acids is 1. The summed E-state index contributed by atoms with van der Waals surface area (Å²) in [5.41, 5.74) is 0.0602. The summed E-state index contributed by atoms with van der Waals surface area (Å²) in [5, 5.41) is -0.628. The minimum atomic E-state index is -3.45. The molecular formula is C15H27NO4S. The number of methoxy groups -OCH3 is 1. The number of carbonyl (C=O) groups is 1. The summed E-state index contributed by atoms with van der Waals surface area (Å²) in [6.45, 7) is 2.64. The Hall–Kier alpha value is -0.620. The van der Waals surface area contributed by atoms with Crippen LogP contribution in [0.3, 0.4) is 0 Å². The van der Waals surface area contributed by atoms with Crippen molar-refractivity contribution in [2.75, 3.05) is 13.7 Å². The van der Waals surface area contributed by atoms with E-state index < -0.39 is 27.2 Å². The summed E-state index contributed by atoms with van der Waals surface area (Å²) in [6.07, 6.45) is 7.65. The van der Waals surface area contributed by atoms with Gasteiger partial charge < -0.3 is 4.74 Å². The van der Waals surface area contributed by atoms with Gasteiger partial charge in [-0.1, -0.05) is 32.6 Å². The van der Waals surface area contributed by atoms with Gasteiger partial charge in [0.25, 0.3) is 0 Å². The number of sulfonamides is 1. The van der Waals surface area contributed by atoms with E-state index in [0.717, 1.165) is 19.3 Å². The third-order valence-electron chi connectivity index (χ3n) is 5.12. The molecule has 122 valence electrons. The van der Waals surface area contributed by atoms with Crippen LogP contribution >= 0.6 is 0 Å². The molecule has 1 N–H and O–H groups in total. The molecule has 0 saturated heterocycles. The number of rotatable bonds is 5. The number of ether oxygens (including phenoxy) is 1. The zero-order valence-electron chi connectivity index (χ0n) is 13.1. The van der Waals surface area contributed by atoms with E-state index in [2.05, 4.69) is 11.6 Å². The fourth-order valence-corrected chi connectivity index (χ4v) is 5.60. The Kier molecular flexibility index (Phi) is 5.30. The van der Waals surface area contributed by atoms with Crippen molar-refractivity contribution in [3.05, 3.63) is 0 Å². The van der Waals surface area contributed by atoms with Crippen molar-refractivity contribution in [2.45, 2.75) is 63.5 Å². The van der Waals surface area contributed by atoms with Crippen LogP contribution in [0.25, 0.3) is 0 Å². The number of hydrogen-bond donors (Lipinski definition) is 1. The van der Waals surface area contributed by atoms with Crippen LogP contribution in [0.5, 0.6) is 0 Å². The molecule has 0 spiro atoms. The average molecular weight is 317 g/mol. The molecule has 0 aromatic heterocycles. The molecule has 0 amide bonds. The lowest BCUT2D eigenvalue weighted by atomic mass is 9.76. The smallest absolute Gasteiger partial charge is 0.310 e. The van der Waals surface area contributed by atoms with E-state index in [0.29, 0.717) is 19.4 Å². The fourth-order valence-electron chi connectivity index (χ4n) is 3.68.